The largest absolute Gasteiger partial charge is 0.463 e. The summed E-state index contributed by atoms with van der Waals surface area (Å²) >= 11 is 0. The predicted molar refractivity (Wildman–Crippen MR) is 94.1 cm³/mol. The van der Waals surface area contributed by atoms with Crippen LogP contribution in [0.5, 0.6) is 0 Å². The topological polar surface area (TPSA) is 116 Å². The summed E-state index contributed by atoms with van der Waals surface area (Å²) in [4.78, 5) is 10.9. The predicted octanol–water partition coefficient (Wildman–Crippen LogP) is 3.44. The maximum absolute atomic E-state index is 11.3. The van der Waals surface area contributed by atoms with E-state index in [1.807, 2.05) is 20.8 Å². The van der Waals surface area contributed by atoms with Gasteiger partial charge in [0.25, 0.3) is 10.1 Å². The molecular weight excluding hydrogens is 330 g/mol. The summed E-state index contributed by atoms with van der Waals surface area (Å²) in [5, 5.41) is 0. The second-order valence-corrected chi connectivity index (χ2v) is 7.79. The summed E-state index contributed by atoms with van der Waals surface area (Å²) in [7, 11) is -4.22. The van der Waals surface area contributed by atoms with E-state index in [9.17, 15) is 17.8 Å². The van der Waals surface area contributed by atoms with Gasteiger partial charge in [-0.25, -0.2) is 4.79 Å². The van der Waals surface area contributed by atoms with Crippen LogP contribution in [0.1, 0.15) is 44.7 Å². The minimum Gasteiger partial charge on any atom is -0.463 e. The van der Waals surface area contributed by atoms with Gasteiger partial charge in [-0.05, 0) is 47.9 Å². The Kier molecular flexibility index (Phi) is 8.32. The molecule has 0 aliphatic rings. The van der Waals surface area contributed by atoms with E-state index < -0.39 is 16.1 Å². The molecule has 0 aliphatic carbocycles. The molecule has 0 aromatic heterocycles. The normalized spacial score (nSPS) is 11.5. The Labute approximate surface area is 144 Å². The molecule has 0 bridgehead atoms. The molecule has 4 N–H and O–H groups in total. The molecule has 0 heterocycles. The molecule has 0 amide bonds. The number of unbranched alkanes of at least 4 members (excludes halogenated alkanes) is 1. The molecule has 0 saturated carbocycles. The lowest BCUT2D eigenvalue weighted by molar-refractivity contribution is -0.137. The third-order valence-electron chi connectivity index (χ3n) is 3.43. The van der Waals surface area contributed by atoms with Crippen LogP contribution in [0.15, 0.2) is 35.7 Å². The number of aryl methyl sites for hydroxylation is 1. The molecular formula is C17H27NO5S. The summed E-state index contributed by atoms with van der Waals surface area (Å²) in [5.41, 5.74) is 1.78. The Balaban J connectivity index is 0.00000529. The van der Waals surface area contributed by atoms with E-state index >= 15 is 0 Å². The van der Waals surface area contributed by atoms with Crippen molar-refractivity contribution in [1.82, 2.24) is 6.15 Å². The number of ether oxygens (including phenoxy) is 1. The van der Waals surface area contributed by atoms with Gasteiger partial charge in [0.05, 0.1) is 11.5 Å². The molecule has 0 aliphatic heterocycles. The number of carbonyl (C=O) groups excluding carboxylic acids is 1. The summed E-state index contributed by atoms with van der Waals surface area (Å²) in [6.07, 6.45) is 3.16. The van der Waals surface area contributed by atoms with Crippen molar-refractivity contribution < 1.29 is 22.5 Å². The first-order valence-corrected chi connectivity index (χ1v) is 8.90. The molecule has 1 aromatic rings. The molecule has 0 radical (unpaired) electrons. The second-order valence-electron chi connectivity index (χ2n) is 6.37. The van der Waals surface area contributed by atoms with Crippen molar-refractivity contribution in [2.45, 2.75) is 50.3 Å². The average molecular weight is 357 g/mol. The lowest BCUT2D eigenvalue weighted by Crippen LogP contribution is -2.15. The molecule has 0 unspecified atom stereocenters. The highest BCUT2D eigenvalue weighted by Gasteiger charge is 2.20. The van der Waals surface area contributed by atoms with Crippen molar-refractivity contribution in [2.75, 3.05) is 6.61 Å². The first-order valence-electron chi connectivity index (χ1n) is 7.46. The SMILES string of the molecule is C=CC(=O)OCCCCc1cc(S(=O)(=O)O)ccc1C(C)(C)C.N. The van der Waals surface area contributed by atoms with Gasteiger partial charge < -0.3 is 10.9 Å². The van der Waals surface area contributed by atoms with Gasteiger partial charge in [-0.15, -0.1) is 0 Å². The van der Waals surface area contributed by atoms with Crippen LogP contribution in [0, 0.1) is 0 Å². The first-order chi connectivity index (χ1) is 10.6. The Morgan fingerprint density at radius 3 is 2.42 bits per heavy atom. The maximum atomic E-state index is 11.3. The fourth-order valence-corrected chi connectivity index (χ4v) is 2.85. The number of hydrogen-bond donors (Lipinski definition) is 2. The Morgan fingerprint density at radius 1 is 1.29 bits per heavy atom. The van der Waals surface area contributed by atoms with Crippen LogP contribution in [0.2, 0.25) is 0 Å². The van der Waals surface area contributed by atoms with Gasteiger partial charge in [-0.2, -0.15) is 8.42 Å². The summed E-state index contributed by atoms with van der Waals surface area (Å²) in [6.45, 7) is 9.76. The second kappa shape index (κ2) is 8.96. The number of carbonyl (C=O) groups is 1. The zero-order valence-electron chi connectivity index (χ0n) is 14.5. The van der Waals surface area contributed by atoms with Gasteiger partial charge in [0.15, 0.2) is 0 Å². The average Bonchev–Trinajstić information content (AvgIpc) is 2.44. The minimum atomic E-state index is -4.22. The van der Waals surface area contributed by atoms with E-state index in [2.05, 4.69) is 6.58 Å². The van der Waals surface area contributed by atoms with Crippen molar-refractivity contribution in [3.05, 3.63) is 42.0 Å². The monoisotopic (exact) mass is 357 g/mol. The highest BCUT2D eigenvalue weighted by molar-refractivity contribution is 7.85. The molecule has 1 aromatic carbocycles. The Hall–Kier alpha value is -1.70. The van der Waals surface area contributed by atoms with Crippen molar-refractivity contribution >= 4 is 16.1 Å². The fourth-order valence-electron chi connectivity index (χ4n) is 2.32. The fraction of sp³-hybridized carbons (Fsp3) is 0.471. The zero-order valence-corrected chi connectivity index (χ0v) is 15.4. The maximum Gasteiger partial charge on any atom is 0.330 e. The molecule has 0 spiro atoms. The van der Waals surface area contributed by atoms with Crippen LogP contribution >= 0.6 is 0 Å². The minimum absolute atomic E-state index is 0. The van der Waals surface area contributed by atoms with Gasteiger partial charge in [0.2, 0.25) is 0 Å². The van der Waals surface area contributed by atoms with E-state index in [-0.39, 0.29) is 16.5 Å². The smallest absolute Gasteiger partial charge is 0.330 e. The number of benzene rings is 1. The van der Waals surface area contributed by atoms with Gasteiger partial charge in [-0.3, -0.25) is 4.55 Å². The summed E-state index contributed by atoms with van der Waals surface area (Å²) < 4.78 is 36.8. The standard InChI is InChI=1S/C17H24O5S.H3N/c1-5-16(18)22-11-7-6-8-13-12-14(23(19,20)21)9-10-15(13)17(2,3)4;/h5,9-10,12H,1,6-8,11H2,2-4H3,(H,19,20,21);1H3. The summed E-state index contributed by atoms with van der Waals surface area (Å²) in [5.74, 6) is -0.450. The van der Waals surface area contributed by atoms with E-state index in [4.69, 9.17) is 4.74 Å². The van der Waals surface area contributed by atoms with Crippen LogP contribution in [0.25, 0.3) is 0 Å². The summed E-state index contributed by atoms with van der Waals surface area (Å²) in [6, 6.07) is 4.69. The van der Waals surface area contributed by atoms with Gasteiger partial charge >= 0.3 is 5.97 Å². The lowest BCUT2D eigenvalue weighted by atomic mass is 9.82. The quantitative estimate of drug-likeness (QED) is 0.334. The molecule has 1 rings (SSSR count). The van der Waals surface area contributed by atoms with E-state index in [0.29, 0.717) is 19.4 Å². The number of rotatable bonds is 7. The van der Waals surface area contributed by atoms with E-state index in [1.54, 1.807) is 6.07 Å². The Bertz CT molecular complexity index is 675. The van der Waals surface area contributed by atoms with Crippen LogP contribution in [-0.4, -0.2) is 25.5 Å². The molecule has 0 saturated heterocycles. The molecule has 7 heteroatoms. The molecule has 0 fully saturated rings. The molecule has 136 valence electrons. The van der Waals surface area contributed by atoms with E-state index in [0.717, 1.165) is 23.6 Å². The van der Waals surface area contributed by atoms with Crippen molar-refractivity contribution in [2.24, 2.45) is 0 Å². The van der Waals surface area contributed by atoms with Gasteiger partial charge in [-0.1, -0.05) is 33.4 Å². The number of esters is 1. The van der Waals surface area contributed by atoms with Crippen LogP contribution in [0.3, 0.4) is 0 Å². The highest BCUT2D eigenvalue weighted by Crippen LogP contribution is 2.29. The Morgan fingerprint density at radius 2 is 1.92 bits per heavy atom. The molecule has 24 heavy (non-hydrogen) atoms. The van der Waals surface area contributed by atoms with Gasteiger partial charge in [0, 0.05) is 6.08 Å². The number of hydrogen-bond acceptors (Lipinski definition) is 5. The van der Waals surface area contributed by atoms with Crippen molar-refractivity contribution in [1.29, 1.82) is 0 Å². The van der Waals surface area contributed by atoms with Crippen LogP contribution in [0.4, 0.5) is 0 Å². The lowest BCUT2D eigenvalue weighted by Gasteiger charge is -2.23. The van der Waals surface area contributed by atoms with Crippen LogP contribution < -0.4 is 6.15 Å². The highest BCUT2D eigenvalue weighted by atomic mass is 32.2. The van der Waals surface area contributed by atoms with Crippen molar-refractivity contribution in [3.8, 4) is 0 Å². The molecule has 0 atom stereocenters. The first kappa shape index (κ1) is 22.3. The van der Waals surface area contributed by atoms with Crippen LogP contribution in [-0.2, 0) is 31.5 Å². The molecule has 6 nitrogen and oxygen atoms in total. The van der Waals surface area contributed by atoms with E-state index in [1.165, 1.54) is 12.1 Å². The zero-order chi connectivity index (χ0) is 17.7. The van der Waals surface area contributed by atoms with Gasteiger partial charge in [0.1, 0.15) is 0 Å². The third kappa shape index (κ3) is 6.82. The third-order valence-corrected chi connectivity index (χ3v) is 4.28. The van der Waals surface area contributed by atoms with Crippen molar-refractivity contribution in [3.63, 3.8) is 0 Å².